The minimum atomic E-state index is -0.947. The van der Waals surface area contributed by atoms with E-state index >= 15 is 0 Å². The van der Waals surface area contributed by atoms with E-state index in [1.165, 1.54) is 34.2 Å². The Morgan fingerprint density at radius 1 is 0.977 bits per heavy atom. The van der Waals surface area contributed by atoms with Crippen LogP contribution in [0.25, 0.3) is 15.7 Å². The van der Waals surface area contributed by atoms with E-state index in [1.807, 2.05) is 19.1 Å². The van der Waals surface area contributed by atoms with Crippen molar-refractivity contribution in [1.29, 1.82) is 0 Å². The predicted octanol–water partition coefficient (Wildman–Crippen LogP) is 6.34. The highest BCUT2D eigenvalue weighted by molar-refractivity contribution is 7.17. The van der Waals surface area contributed by atoms with Crippen molar-refractivity contribution in [3.8, 4) is 0 Å². The molecule has 4 N–H and O–H groups in total. The van der Waals surface area contributed by atoms with E-state index in [0.29, 0.717) is 31.1 Å². The van der Waals surface area contributed by atoms with Crippen molar-refractivity contribution in [3.63, 3.8) is 0 Å². The molecule has 7 heteroatoms. The van der Waals surface area contributed by atoms with Crippen molar-refractivity contribution in [2.24, 2.45) is 29.4 Å². The number of fused-ring (bicyclic) bond motifs is 4. The third-order valence-corrected chi connectivity index (χ3v) is 11.0. The number of nitrogens with one attached hydrogen (secondary N) is 2. The number of carbonyl (C=O) groups is 3. The van der Waals surface area contributed by atoms with Crippen LogP contribution in [0.4, 0.5) is 0 Å². The predicted molar refractivity (Wildman–Crippen MR) is 173 cm³/mol. The number of Topliss-reactive ketones (excluding diaryl/α,β-unsaturated/α-hetero) is 1. The molecule has 6 rings (SSSR count). The Balaban J connectivity index is 1.28. The lowest BCUT2D eigenvalue weighted by Crippen LogP contribution is -2.55. The van der Waals surface area contributed by atoms with Crippen LogP contribution in [0.5, 0.6) is 0 Å². The maximum absolute atomic E-state index is 14.3. The van der Waals surface area contributed by atoms with E-state index in [-0.39, 0.29) is 29.4 Å². The van der Waals surface area contributed by atoms with Crippen LogP contribution in [-0.4, -0.2) is 29.3 Å². The van der Waals surface area contributed by atoms with E-state index < -0.39 is 17.6 Å². The quantitative estimate of drug-likeness (QED) is 0.225. The molecule has 0 bridgehead atoms. The Morgan fingerprint density at radius 3 is 2.44 bits per heavy atom. The van der Waals surface area contributed by atoms with Gasteiger partial charge in [-0.1, -0.05) is 55.5 Å². The number of allylic oxidation sites excluding steroid dienone is 1. The van der Waals surface area contributed by atoms with Crippen molar-refractivity contribution < 1.29 is 14.4 Å². The van der Waals surface area contributed by atoms with Crippen LogP contribution in [0, 0.1) is 23.7 Å². The van der Waals surface area contributed by atoms with Gasteiger partial charge in [-0.15, -0.1) is 11.3 Å². The lowest BCUT2D eigenvalue weighted by molar-refractivity contribution is -0.138. The highest BCUT2D eigenvalue weighted by Gasteiger charge is 2.47. The van der Waals surface area contributed by atoms with E-state index in [9.17, 15) is 14.4 Å². The molecular weight excluding hydrogens is 554 g/mol. The highest BCUT2D eigenvalue weighted by atomic mass is 32.1. The summed E-state index contributed by atoms with van der Waals surface area (Å²) in [5.41, 5.74) is 10.2. The summed E-state index contributed by atoms with van der Waals surface area (Å²) in [5, 5.41) is 9.66. The average Bonchev–Trinajstić information content (AvgIpc) is 3.35. The minimum Gasteiger partial charge on any atom is -0.336 e. The summed E-state index contributed by atoms with van der Waals surface area (Å²) in [7, 11) is 0. The number of carbonyl (C=O) groups excluding carboxylic acids is 3. The molecule has 1 heterocycles. The minimum absolute atomic E-state index is 0.0200. The molecule has 0 radical (unpaired) electrons. The fourth-order valence-electron chi connectivity index (χ4n) is 7.36. The molecule has 3 aliphatic carbocycles. The van der Waals surface area contributed by atoms with Crippen molar-refractivity contribution in [1.82, 2.24) is 10.6 Å². The van der Waals surface area contributed by atoms with E-state index in [2.05, 4.69) is 58.5 Å². The largest absolute Gasteiger partial charge is 0.336 e. The number of nitrogens with two attached hydrogens (primary N) is 1. The Labute approximate surface area is 258 Å². The van der Waals surface area contributed by atoms with Gasteiger partial charge in [-0.05, 0) is 103 Å². The van der Waals surface area contributed by atoms with Crippen molar-refractivity contribution >= 4 is 44.6 Å². The molecule has 0 aliphatic heterocycles. The van der Waals surface area contributed by atoms with Gasteiger partial charge in [-0.25, -0.2) is 0 Å². The van der Waals surface area contributed by atoms with Crippen molar-refractivity contribution in [3.05, 3.63) is 76.7 Å². The Kier molecular flexibility index (Phi) is 8.31. The van der Waals surface area contributed by atoms with Crippen LogP contribution in [0.3, 0.4) is 0 Å². The number of hydrogen-bond donors (Lipinski definition) is 3. The van der Waals surface area contributed by atoms with Gasteiger partial charge in [0, 0.05) is 29.4 Å². The Morgan fingerprint density at radius 2 is 1.74 bits per heavy atom. The third-order valence-electron chi connectivity index (χ3n) is 10.0. The van der Waals surface area contributed by atoms with Crippen LogP contribution in [0.2, 0.25) is 0 Å². The summed E-state index contributed by atoms with van der Waals surface area (Å²) in [5.74, 6) is 0.153. The van der Waals surface area contributed by atoms with E-state index in [0.717, 1.165) is 23.8 Å². The van der Waals surface area contributed by atoms with Crippen molar-refractivity contribution in [2.75, 3.05) is 0 Å². The topological polar surface area (TPSA) is 101 Å². The molecular formula is C36H43N3O3S. The van der Waals surface area contributed by atoms with Crippen LogP contribution >= 0.6 is 11.3 Å². The number of ketones is 1. The molecule has 1 aromatic heterocycles. The molecule has 3 unspecified atom stereocenters. The summed E-state index contributed by atoms with van der Waals surface area (Å²) in [6, 6.07) is 16.8. The third kappa shape index (κ3) is 5.94. The number of amides is 2. The molecule has 0 saturated heterocycles. The van der Waals surface area contributed by atoms with Gasteiger partial charge in [-0.2, -0.15) is 0 Å². The zero-order chi connectivity index (χ0) is 30.3. The highest BCUT2D eigenvalue weighted by Crippen LogP contribution is 2.50. The molecule has 226 valence electrons. The lowest BCUT2D eigenvalue weighted by Gasteiger charge is -2.43. The zero-order valence-corrected chi connectivity index (χ0v) is 26.2. The number of thiophene rings is 1. The number of benzene rings is 2. The maximum Gasteiger partial charge on any atom is 0.225 e. The van der Waals surface area contributed by atoms with Gasteiger partial charge in [0.15, 0.2) is 5.78 Å². The molecule has 2 amide bonds. The number of hydrogen-bond acceptors (Lipinski definition) is 5. The second-order valence-electron chi connectivity index (χ2n) is 13.3. The molecule has 2 aromatic carbocycles. The van der Waals surface area contributed by atoms with E-state index in [4.69, 9.17) is 5.73 Å². The second kappa shape index (κ2) is 12.0. The van der Waals surface area contributed by atoms with Crippen LogP contribution in [0.15, 0.2) is 60.0 Å². The summed E-state index contributed by atoms with van der Waals surface area (Å²) >= 11 is 1.68. The van der Waals surface area contributed by atoms with Crippen LogP contribution in [-0.2, 0) is 20.8 Å². The van der Waals surface area contributed by atoms with Gasteiger partial charge in [0.1, 0.15) is 6.17 Å². The Bertz CT molecular complexity index is 1570. The average molecular weight is 598 g/mol. The van der Waals surface area contributed by atoms with Gasteiger partial charge in [-0.3, -0.25) is 14.4 Å². The zero-order valence-electron chi connectivity index (χ0n) is 25.4. The molecule has 2 saturated carbocycles. The maximum atomic E-state index is 14.3. The van der Waals surface area contributed by atoms with Crippen molar-refractivity contribution in [2.45, 2.75) is 83.3 Å². The van der Waals surface area contributed by atoms with Crippen LogP contribution < -0.4 is 16.4 Å². The van der Waals surface area contributed by atoms with Gasteiger partial charge in [0.25, 0.3) is 0 Å². The molecule has 3 aliphatic rings. The first kappa shape index (κ1) is 29.8. The summed E-state index contributed by atoms with van der Waals surface area (Å²) in [6.07, 6.45) is 7.16. The normalized spacial score (nSPS) is 24.0. The van der Waals surface area contributed by atoms with Crippen LogP contribution in [0.1, 0.15) is 81.9 Å². The fraction of sp³-hybridized carbons (Fsp3) is 0.472. The van der Waals surface area contributed by atoms with Gasteiger partial charge in [0.2, 0.25) is 11.8 Å². The monoisotopic (exact) mass is 597 g/mol. The molecule has 0 spiro atoms. The fourth-order valence-corrected chi connectivity index (χ4v) is 8.34. The second-order valence-corrected chi connectivity index (χ2v) is 14.2. The molecule has 3 aromatic rings. The summed E-state index contributed by atoms with van der Waals surface area (Å²) in [6.45, 7) is 5.34. The molecule has 6 nitrogen and oxygen atoms in total. The van der Waals surface area contributed by atoms with Gasteiger partial charge < -0.3 is 16.4 Å². The molecule has 43 heavy (non-hydrogen) atoms. The molecule has 6 atom stereocenters. The summed E-state index contributed by atoms with van der Waals surface area (Å²) < 4.78 is 1.19. The first-order valence-electron chi connectivity index (χ1n) is 15.8. The molecule has 2 fully saturated rings. The first-order chi connectivity index (χ1) is 20.6. The smallest absolute Gasteiger partial charge is 0.225 e. The van der Waals surface area contributed by atoms with Gasteiger partial charge in [0.05, 0.1) is 5.54 Å². The standard InChI is InChI=1S/C36H43N3O3S/c1-4-33(40)38-32(19-22-17-21-13-14-25(21)27-11-6-5-9-24(22)27)39-35(42)30(28-15-16-29(28)34(41)36(2,3)37)18-23-20-43-31-12-8-7-10-26(23)31/h5-12,17,20-21,25,28-30,32H,4,13-16,18-19,37H2,1-3H3,(H,38,40)(H,39,42)/t21-,25?,28?,29?,30+,32-/m1/s1. The van der Waals surface area contributed by atoms with E-state index in [1.54, 1.807) is 25.2 Å². The Hall–Kier alpha value is -3.29. The number of rotatable bonds is 11. The summed E-state index contributed by atoms with van der Waals surface area (Å²) in [4.78, 5) is 40.4. The van der Waals surface area contributed by atoms with Gasteiger partial charge >= 0.3 is 0 Å². The lowest BCUT2D eigenvalue weighted by atomic mass is 9.61. The first-order valence-corrected chi connectivity index (χ1v) is 16.7. The SMILES string of the molecule is CCC(=O)N[C@@H](CC1=C[C@H]2CCC2c2ccccc21)NC(=O)[C@@H](Cc1csc2ccccc12)C1CCC1C(=O)C(C)(C)N.